The summed E-state index contributed by atoms with van der Waals surface area (Å²) in [6.45, 7) is 0.929. The summed E-state index contributed by atoms with van der Waals surface area (Å²) >= 11 is 3.01. The van der Waals surface area contributed by atoms with Crippen LogP contribution in [0.2, 0.25) is 0 Å². The van der Waals surface area contributed by atoms with Crippen molar-refractivity contribution in [1.82, 2.24) is 0 Å². The Morgan fingerprint density at radius 3 is 2.73 bits per heavy atom. The fourth-order valence-electron chi connectivity index (χ4n) is 0.851. The highest BCUT2D eigenvalue weighted by Crippen LogP contribution is 2.21. The number of halogens is 2. The maximum atomic E-state index is 13.0. The second-order valence-corrected chi connectivity index (χ2v) is 4.37. The Morgan fingerprint density at radius 2 is 2.20 bits per heavy atom. The monoisotopic (exact) mass is 278 g/mol. The molecule has 0 spiro atoms. The Bertz CT molecular complexity index is 341. The number of aliphatic hydroxyl groups is 2. The van der Waals surface area contributed by atoms with Crippen molar-refractivity contribution in [2.75, 3.05) is 13.2 Å². The standard InChI is InChI=1S/C10H12BrFO3/c1-10(14,5-13)6-15-7-2-3-8(11)9(12)4-7/h2-4,13-14H,5-6H2,1H3. The van der Waals surface area contributed by atoms with Gasteiger partial charge in [0.2, 0.25) is 0 Å². The van der Waals surface area contributed by atoms with E-state index in [9.17, 15) is 9.50 Å². The fraction of sp³-hybridized carbons (Fsp3) is 0.400. The molecule has 1 aromatic rings. The van der Waals surface area contributed by atoms with Crippen LogP contribution in [0.3, 0.4) is 0 Å². The Kier molecular flexibility index (Phi) is 4.07. The maximum absolute atomic E-state index is 13.0. The highest BCUT2D eigenvalue weighted by Gasteiger charge is 2.20. The molecule has 0 bridgehead atoms. The van der Waals surface area contributed by atoms with Crippen molar-refractivity contribution in [3.8, 4) is 5.75 Å². The predicted octanol–water partition coefficient (Wildman–Crippen LogP) is 1.71. The molecule has 0 radical (unpaired) electrons. The molecule has 84 valence electrons. The average molecular weight is 279 g/mol. The molecule has 5 heteroatoms. The zero-order valence-corrected chi connectivity index (χ0v) is 9.79. The molecule has 0 amide bonds. The lowest BCUT2D eigenvalue weighted by atomic mass is 10.1. The van der Waals surface area contributed by atoms with E-state index in [2.05, 4.69) is 15.9 Å². The predicted molar refractivity (Wildman–Crippen MR) is 57.3 cm³/mol. The summed E-state index contributed by atoms with van der Waals surface area (Å²) in [4.78, 5) is 0. The van der Waals surface area contributed by atoms with Gasteiger partial charge in [0, 0.05) is 6.07 Å². The Morgan fingerprint density at radius 1 is 1.53 bits per heavy atom. The van der Waals surface area contributed by atoms with E-state index in [0.29, 0.717) is 10.2 Å². The van der Waals surface area contributed by atoms with Gasteiger partial charge in [0.05, 0.1) is 11.1 Å². The zero-order chi connectivity index (χ0) is 11.5. The Balaban J connectivity index is 2.62. The van der Waals surface area contributed by atoms with Crippen molar-refractivity contribution in [1.29, 1.82) is 0 Å². The van der Waals surface area contributed by atoms with Crippen molar-refractivity contribution in [3.63, 3.8) is 0 Å². The molecule has 1 unspecified atom stereocenters. The van der Waals surface area contributed by atoms with Crippen LogP contribution in [-0.4, -0.2) is 29.0 Å². The lowest BCUT2D eigenvalue weighted by Crippen LogP contribution is -2.36. The molecule has 3 nitrogen and oxygen atoms in total. The summed E-state index contributed by atoms with van der Waals surface area (Å²) in [6, 6.07) is 4.29. The van der Waals surface area contributed by atoms with Crippen molar-refractivity contribution in [2.24, 2.45) is 0 Å². The van der Waals surface area contributed by atoms with Gasteiger partial charge in [0.25, 0.3) is 0 Å². The van der Waals surface area contributed by atoms with E-state index in [0.717, 1.165) is 0 Å². The number of hydrogen-bond donors (Lipinski definition) is 2. The van der Waals surface area contributed by atoms with Crippen LogP contribution in [0.4, 0.5) is 4.39 Å². The van der Waals surface area contributed by atoms with Crippen LogP contribution in [0.25, 0.3) is 0 Å². The first-order valence-corrected chi connectivity index (χ1v) is 5.15. The van der Waals surface area contributed by atoms with Gasteiger partial charge in [-0.25, -0.2) is 4.39 Å². The minimum atomic E-state index is -1.32. The molecule has 0 heterocycles. The summed E-state index contributed by atoms with van der Waals surface area (Å²) in [5.41, 5.74) is -1.32. The minimum Gasteiger partial charge on any atom is -0.490 e. The van der Waals surface area contributed by atoms with E-state index < -0.39 is 18.0 Å². The lowest BCUT2D eigenvalue weighted by Gasteiger charge is -2.20. The molecular weight excluding hydrogens is 267 g/mol. The third-order valence-corrected chi connectivity index (χ3v) is 2.42. The summed E-state index contributed by atoms with van der Waals surface area (Å²) < 4.78 is 18.5. The van der Waals surface area contributed by atoms with Gasteiger partial charge >= 0.3 is 0 Å². The number of aliphatic hydroxyl groups excluding tert-OH is 1. The largest absolute Gasteiger partial charge is 0.490 e. The van der Waals surface area contributed by atoms with E-state index in [1.165, 1.54) is 19.1 Å². The number of rotatable bonds is 4. The highest BCUT2D eigenvalue weighted by molar-refractivity contribution is 9.10. The Hall–Kier alpha value is -0.650. The molecule has 0 aliphatic rings. The molecule has 0 saturated carbocycles. The first-order chi connectivity index (χ1) is 6.94. The third-order valence-electron chi connectivity index (χ3n) is 1.78. The number of hydrogen-bond acceptors (Lipinski definition) is 3. The molecule has 1 aromatic carbocycles. The molecule has 0 aromatic heterocycles. The van der Waals surface area contributed by atoms with Gasteiger partial charge in [-0.3, -0.25) is 0 Å². The molecule has 1 rings (SSSR count). The van der Waals surface area contributed by atoms with Crippen LogP contribution >= 0.6 is 15.9 Å². The summed E-state index contributed by atoms with van der Waals surface area (Å²) in [5.74, 6) is -0.124. The summed E-state index contributed by atoms with van der Waals surface area (Å²) in [5, 5.41) is 18.2. The molecule has 0 fully saturated rings. The van der Waals surface area contributed by atoms with Crippen molar-refractivity contribution in [3.05, 3.63) is 28.5 Å². The lowest BCUT2D eigenvalue weighted by molar-refractivity contribution is -0.0325. The first kappa shape index (κ1) is 12.4. The molecule has 15 heavy (non-hydrogen) atoms. The molecular formula is C10H12BrFO3. The van der Waals surface area contributed by atoms with E-state index >= 15 is 0 Å². The summed E-state index contributed by atoms with van der Waals surface area (Å²) in [7, 11) is 0. The second kappa shape index (κ2) is 4.92. The normalized spacial score (nSPS) is 14.7. The van der Waals surface area contributed by atoms with Gasteiger partial charge in [-0.1, -0.05) is 0 Å². The van der Waals surface area contributed by atoms with E-state index in [1.807, 2.05) is 0 Å². The van der Waals surface area contributed by atoms with Crippen molar-refractivity contribution in [2.45, 2.75) is 12.5 Å². The maximum Gasteiger partial charge on any atom is 0.141 e. The van der Waals surface area contributed by atoms with Gasteiger partial charge in [-0.05, 0) is 35.0 Å². The van der Waals surface area contributed by atoms with Crippen LogP contribution in [0, 0.1) is 5.82 Å². The van der Waals surface area contributed by atoms with E-state index in [-0.39, 0.29) is 6.61 Å². The minimum absolute atomic E-state index is 0.0927. The van der Waals surface area contributed by atoms with Gasteiger partial charge < -0.3 is 14.9 Å². The molecule has 0 aliphatic carbocycles. The van der Waals surface area contributed by atoms with Gasteiger partial charge in [0.1, 0.15) is 23.8 Å². The number of ether oxygens (including phenoxy) is 1. The number of benzene rings is 1. The molecule has 1 atom stereocenters. The van der Waals surface area contributed by atoms with E-state index in [1.54, 1.807) is 6.07 Å². The SMILES string of the molecule is CC(O)(CO)COc1ccc(Br)c(F)c1. The van der Waals surface area contributed by atoms with Crippen LogP contribution in [0.1, 0.15) is 6.92 Å². The average Bonchev–Trinajstić information content (AvgIpc) is 2.20. The quantitative estimate of drug-likeness (QED) is 0.882. The van der Waals surface area contributed by atoms with Crippen molar-refractivity contribution >= 4 is 15.9 Å². The van der Waals surface area contributed by atoms with Gasteiger partial charge in [0.15, 0.2) is 0 Å². The molecule has 0 aliphatic heterocycles. The smallest absolute Gasteiger partial charge is 0.141 e. The topological polar surface area (TPSA) is 49.7 Å². The van der Waals surface area contributed by atoms with Crippen LogP contribution in [0.15, 0.2) is 22.7 Å². The van der Waals surface area contributed by atoms with Crippen molar-refractivity contribution < 1.29 is 19.3 Å². The zero-order valence-electron chi connectivity index (χ0n) is 8.20. The van der Waals surface area contributed by atoms with Crippen LogP contribution in [0.5, 0.6) is 5.75 Å². The van der Waals surface area contributed by atoms with Gasteiger partial charge in [-0.2, -0.15) is 0 Å². The van der Waals surface area contributed by atoms with E-state index in [4.69, 9.17) is 9.84 Å². The Labute approximate surface area is 95.6 Å². The molecule has 2 N–H and O–H groups in total. The fourth-order valence-corrected chi connectivity index (χ4v) is 1.10. The second-order valence-electron chi connectivity index (χ2n) is 3.52. The first-order valence-electron chi connectivity index (χ1n) is 4.36. The summed E-state index contributed by atoms with van der Waals surface area (Å²) in [6.07, 6.45) is 0. The van der Waals surface area contributed by atoms with Gasteiger partial charge in [-0.15, -0.1) is 0 Å². The molecule has 0 saturated heterocycles. The highest BCUT2D eigenvalue weighted by atomic mass is 79.9. The van der Waals surface area contributed by atoms with Crippen LogP contribution in [-0.2, 0) is 0 Å². The third kappa shape index (κ3) is 3.77. The van der Waals surface area contributed by atoms with Crippen LogP contribution < -0.4 is 4.74 Å².